The Morgan fingerprint density at radius 2 is 1.60 bits per heavy atom. The van der Waals surface area contributed by atoms with E-state index in [1.165, 1.54) is 11.1 Å². The minimum absolute atomic E-state index is 0.163. The molecule has 0 saturated carbocycles. The van der Waals surface area contributed by atoms with Crippen molar-refractivity contribution in [3.63, 3.8) is 0 Å². The molecule has 0 fully saturated rings. The van der Waals surface area contributed by atoms with Crippen LogP contribution in [-0.2, 0) is 0 Å². The summed E-state index contributed by atoms with van der Waals surface area (Å²) in [6, 6.07) is 14.3. The van der Waals surface area contributed by atoms with E-state index >= 15 is 0 Å². The Balaban J connectivity index is 2.50. The van der Waals surface area contributed by atoms with E-state index in [2.05, 4.69) is 19.1 Å². The van der Waals surface area contributed by atoms with E-state index in [0.717, 1.165) is 17.1 Å². The Morgan fingerprint density at radius 1 is 1.00 bits per heavy atom. The average Bonchev–Trinajstić information content (AvgIpc) is 2.50. The van der Waals surface area contributed by atoms with Crippen molar-refractivity contribution in [3.8, 4) is 11.5 Å². The third kappa shape index (κ3) is 2.78. The molecule has 3 nitrogen and oxygen atoms in total. The molecule has 2 N–H and O–H groups in total. The van der Waals surface area contributed by atoms with E-state index in [1.54, 1.807) is 14.2 Å². The lowest BCUT2D eigenvalue weighted by molar-refractivity contribution is 0.354. The molecule has 0 heterocycles. The lowest BCUT2D eigenvalue weighted by Crippen LogP contribution is -2.15. The standard InChI is InChI=1S/C17H21NO2/c1-12-9-16(19-2)17(20-3)10-14(12)15(11-18)13-7-5-4-6-8-13/h4-10,15H,11,18H2,1-3H3. The predicted octanol–water partition coefficient (Wildman–Crippen LogP) is 3.10. The first kappa shape index (κ1) is 14.4. The summed E-state index contributed by atoms with van der Waals surface area (Å²) in [6.07, 6.45) is 0. The van der Waals surface area contributed by atoms with Gasteiger partial charge in [-0.15, -0.1) is 0 Å². The first-order valence-electron chi connectivity index (χ1n) is 6.68. The highest BCUT2D eigenvalue weighted by Crippen LogP contribution is 2.35. The van der Waals surface area contributed by atoms with Crippen molar-refractivity contribution in [1.82, 2.24) is 0 Å². The average molecular weight is 271 g/mol. The fourth-order valence-corrected chi connectivity index (χ4v) is 2.50. The van der Waals surface area contributed by atoms with Crippen LogP contribution >= 0.6 is 0 Å². The summed E-state index contributed by atoms with van der Waals surface area (Å²) in [4.78, 5) is 0. The zero-order valence-corrected chi connectivity index (χ0v) is 12.2. The van der Waals surface area contributed by atoms with Gasteiger partial charge in [-0.05, 0) is 35.7 Å². The lowest BCUT2D eigenvalue weighted by Gasteiger charge is -2.20. The van der Waals surface area contributed by atoms with Gasteiger partial charge >= 0.3 is 0 Å². The van der Waals surface area contributed by atoms with Gasteiger partial charge in [-0.25, -0.2) is 0 Å². The topological polar surface area (TPSA) is 44.5 Å². The van der Waals surface area contributed by atoms with E-state index in [9.17, 15) is 0 Å². The second kappa shape index (κ2) is 6.44. The smallest absolute Gasteiger partial charge is 0.161 e. The summed E-state index contributed by atoms with van der Waals surface area (Å²) < 4.78 is 10.7. The van der Waals surface area contributed by atoms with Gasteiger partial charge in [0.1, 0.15) is 0 Å². The number of hydrogen-bond acceptors (Lipinski definition) is 3. The summed E-state index contributed by atoms with van der Waals surface area (Å²) in [7, 11) is 3.30. The molecule has 0 aromatic heterocycles. The highest BCUT2D eigenvalue weighted by atomic mass is 16.5. The maximum Gasteiger partial charge on any atom is 0.161 e. The molecule has 0 aliphatic heterocycles. The molecule has 0 aliphatic rings. The number of nitrogens with two attached hydrogens (primary N) is 1. The fourth-order valence-electron chi connectivity index (χ4n) is 2.50. The van der Waals surface area contributed by atoms with Gasteiger partial charge in [0.2, 0.25) is 0 Å². The van der Waals surface area contributed by atoms with Gasteiger partial charge in [-0.1, -0.05) is 30.3 Å². The van der Waals surface area contributed by atoms with Crippen molar-refractivity contribution in [2.24, 2.45) is 5.73 Å². The molecule has 0 bridgehead atoms. The highest BCUT2D eigenvalue weighted by Gasteiger charge is 2.17. The molecule has 0 radical (unpaired) electrons. The van der Waals surface area contributed by atoms with Gasteiger partial charge in [0, 0.05) is 12.5 Å². The van der Waals surface area contributed by atoms with E-state index < -0.39 is 0 Å². The monoisotopic (exact) mass is 271 g/mol. The van der Waals surface area contributed by atoms with Crippen LogP contribution in [0.3, 0.4) is 0 Å². The van der Waals surface area contributed by atoms with Crippen molar-refractivity contribution in [3.05, 3.63) is 59.2 Å². The second-order valence-corrected chi connectivity index (χ2v) is 4.76. The van der Waals surface area contributed by atoms with Crippen molar-refractivity contribution in [2.45, 2.75) is 12.8 Å². The molecule has 106 valence electrons. The molecule has 2 rings (SSSR count). The minimum Gasteiger partial charge on any atom is -0.493 e. The molecule has 2 aromatic carbocycles. The second-order valence-electron chi connectivity index (χ2n) is 4.76. The highest BCUT2D eigenvalue weighted by molar-refractivity contribution is 5.50. The van der Waals surface area contributed by atoms with Crippen LogP contribution in [0.5, 0.6) is 11.5 Å². The Morgan fingerprint density at radius 3 is 2.15 bits per heavy atom. The normalized spacial score (nSPS) is 12.0. The van der Waals surface area contributed by atoms with Crippen LogP contribution in [0.1, 0.15) is 22.6 Å². The summed E-state index contributed by atoms with van der Waals surface area (Å²) in [6.45, 7) is 2.63. The molecule has 0 spiro atoms. The Bertz CT molecular complexity index is 567. The maximum absolute atomic E-state index is 6.00. The molecule has 0 amide bonds. The third-order valence-electron chi connectivity index (χ3n) is 3.59. The predicted molar refractivity (Wildman–Crippen MR) is 81.6 cm³/mol. The van der Waals surface area contributed by atoms with Gasteiger partial charge < -0.3 is 15.2 Å². The zero-order chi connectivity index (χ0) is 14.5. The van der Waals surface area contributed by atoms with Crippen molar-refractivity contribution in [1.29, 1.82) is 0 Å². The number of benzene rings is 2. The first-order valence-corrected chi connectivity index (χ1v) is 6.68. The van der Waals surface area contributed by atoms with E-state index in [4.69, 9.17) is 15.2 Å². The van der Waals surface area contributed by atoms with Gasteiger partial charge in [0.25, 0.3) is 0 Å². The van der Waals surface area contributed by atoms with Gasteiger partial charge in [-0.3, -0.25) is 0 Å². The first-order chi connectivity index (χ1) is 9.71. The molecule has 20 heavy (non-hydrogen) atoms. The largest absolute Gasteiger partial charge is 0.493 e. The molecule has 1 unspecified atom stereocenters. The van der Waals surface area contributed by atoms with Crippen molar-refractivity contribution >= 4 is 0 Å². The van der Waals surface area contributed by atoms with Gasteiger partial charge in [0.15, 0.2) is 11.5 Å². The van der Waals surface area contributed by atoms with Gasteiger partial charge in [0.05, 0.1) is 14.2 Å². The Hall–Kier alpha value is -2.00. The fraction of sp³-hybridized carbons (Fsp3) is 0.294. The third-order valence-corrected chi connectivity index (χ3v) is 3.59. The zero-order valence-electron chi connectivity index (χ0n) is 12.2. The number of rotatable bonds is 5. The minimum atomic E-state index is 0.163. The van der Waals surface area contributed by atoms with E-state index in [-0.39, 0.29) is 5.92 Å². The SMILES string of the molecule is COc1cc(C)c(C(CN)c2ccccc2)cc1OC. The number of aryl methyl sites for hydroxylation is 1. The lowest BCUT2D eigenvalue weighted by atomic mass is 9.88. The summed E-state index contributed by atoms with van der Waals surface area (Å²) in [5.41, 5.74) is 9.54. The van der Waals surface area contributed by atoms with Crippen LogP contribution < -0.4 is 15.2 Å². The molecular formula is C17H21NO2. The maximum atomic E-state index is 6.00. The molecule has 2 aromatic rings. The van der Waals surface area contributed by atoms with E-state index in [0.29, 0.717) is 6.54 Å². The number of methoxy groups -OCH3 is 2. The van der Waals surface area contributed by atoms with Crippen LogP contribution in [0.4, 0.5) is 0 Å². The van der Waals surface area contributed by atoms with Crippen LogP contribution in [-0.4, -0.2) is 20.8 Å². The van der Waals surface area contributed by atoms with Crippen LogP contribution in [0.15, 0.2) is 42.5 Å². The Kier molecular flexibility index (Phi) is 4.64. The quantitative estimate of drug-likeness (QED) is 0.908. The molecular weight excluding hydrogens is 250 g/mol. The van der Waals surface area contributed by atoms with E-state index in [1.807, 2.05) is 30.3 Å². The van der Waals surface area contributed by atoms with Crippen LogP contribution in [0.2, 0.25) is 0 Å². The summed E-state index contributed by atoms with van der Waals surface area (Å²) in [5, 5.41) is 0. The van der Waals surface area contributed by atoms with Gasteiger partial charge in [-0.2, -0.15) is 0 Å². The molecule has 0 aliphatic carbocycles. The molecule has 0 saturated heterocycles. The summed E-state index contributed by atoms with van der Waals surface area (Å²) in [5.74, 6) is 1.65. The summed E-state index contributed by atoms with van der Waals surface area (Å²) >= 11 is 0. The van der Waals surface area contributed by atoms with Crippen molar-refractivity contribution < 1.29 is 9.47 Å². The molecule has 3 heteroatoms. The molecule has 1 atom stereocenters. The van der Waals surface area contributed by atoms with Crippen LogP contribution in [0.25, 0.3) is 0 Å². The van der Waals surface area contributed by atoms with Crippen molar-refractivity contribution in [2.75, 3.05) is 20.8 Å². The number of hydrogen-bond donors (Lipinski definition) is 1. The Labute approximate surface area is 120 Å². The number of ether oxygens (including phenoxy) is 2. The van der Waals surface area contributed by atoms with Crippen LogP contribution in [0, 0.1) is 6.92 Å².